The van der Waals surface area contributed by atoms with Gasteiger partial charge in [-0.25, -0.2) is 0 Å². The number of ether oxygens (including phenoxy) is 2. The average Bonchev–Trinajstić information content (AvgIpc) is 2.96. The SMILES string of the molecule is C.C=Cc1ccc2c(c1)OCO2.C=Cc1ccccn1. The molecule has 0 radical (unpaired) electrons. The van der Waals surface area contributed by atoms with Gasteiger partial charge in [-0.15, -0.1) is 0 Å². The van der Waals surface area contributed by atoms with Crippen LogP contribution >= 0.6 is 0 Å². The van der Waals surface area contributed by atoms with E-state index in [1.807, 2.05) is 36.4 Å². The molecule has 0 bridgehead atoms. The maximum Gasteiger partial charge on any atom is 0.231 e. The van der Waals surface area contributed by atoms with E-state index in [1.165, 1.54) is 0 Å². The molecule has 2 aromatic rings. The second-order valence-corrected chi connectivity index (χ2v) is 3.78. The summed E-state index contributed by atoms with van der Waals surface area (Å²) in [6.07, 6.45) is 5.25. The molecular formula is C17H19NO2. The number of rotatable bonds is 2. The van der Waals surface area contributed by atoms with Gasteiger partial charge >= 0.3 is 0 Å². The largest absolute Gasteiger partial charge is 0.454 e. The smallest absolute Gasteiger partial charge is 0.231 e. The molecule has 1 aliphatic heterocycles. The molecule has 1 aromatic heterocycles. The Labute approximate surface area is 120 Å². The Kier molecular flexibility index (Phi) is 6.04. The van der Waals surface area contributed by atoms with Crippen LogP contribution in [0.15, 0.2) is 55.8 Å². The highest BCUT2D eigenvalue weighted by atomic mass is 16.7. The fourth-order valence-corrected chi connectivity index (χ4v) is 1.54. The Hall–Kier alpha value is -2.55. The zero-order valence-corrected chi connectivity index (χ0v) is 10.6. The van der Waals surface area contributed by atoms with Gasteiger partial charge in [-0.3, -0.25) is 4.98 Å². The molecule has 3 heteroatoms. The van der Waals surface area contributed by atoms with Crippen LogP contribution in [0.25, 0.3) is 12.2 Å². The summed E-state index contributed by atoms with van der Waals surface area (Å²) < 4.78 is 10.3. The third kappa shape index (κ3) is 3.99. The molecule has 1 aromatic carbocycles. The summed E-state index contributed by atoms with van der Waals surface area (Å²) in [7, 11) is 0. The minimum atomic E-state index is 0. The first-order chi connectivity index (χ1) is 9.33. The lowest BCUT2D eigenvalue weighted by Gasteiger charge is -1.95. The summed E-state index contributed by atoms with van der Waals surface area (Å²) in [5.74, 6) is 1.62. The fraction of sp³-hybridized carbons (Fsp3) is 0.118. The number of benzene rings is 1. The lowest BCUT2D eigenvalue weighted by Crippen LogP contribution is -1.92. The maximum atomic E-state index is 5.17. The number of aromatic nitrogens is 1. The van der Waals surface area contributed by atoms with Crippen molar-refractivity contribution < 1.29 is 9.47 Å². The minimum Gasteiger partial charge on any atom is -0.454 e. The number of fused-ring (bicyclic) bond motifs is 1. The summed E-state index contributed by atoms with van der Waals surface area (Å²) in [5.41, 5.74) is 1.97. The van der Waals surface area contributed by atoms with Crippen molar-refractivity contribution in [3.63, 3.8) is 0 Å². The highest BCUT2D eigenvalue weighted by Gasteiger charge is 2.11. The van der Waals surface area contributed by atoms with E-state index < -0.39 is 0 Å². The molecule has 0 saturated carbocycles. The number of hydrogen-bond acceptors (Lipinski definition) is 3. The topological polar surface area (TPSA) is 31.4 Å². The second-order valence-electron chi connectivity index (χ2n) is 3.78. The van der Waals surface area contributed by atoms with Gasteiger partial charge in [0.05, 0.1) is 5.69 Å². The van der Waals surface area contributed by atoms with Crippen molar-refractivity contribution in [3.05, 3.63) is 67.0 Å². The van der Waals surface area contributed by atoms with Crippen molar-refractivity contribution in [2.24, 2.45) is 0 Å². The molecule has 2 heterocycles. The molecule has 104 valence electrons. The van der Waals surface area contributed by atoms with Crippen LogP contribution in [-0.4, -0.2) is 11.8 Å². The first kappa shape index (κ1) is 15.5. The molecule has 0 aliphatic carbocycles. The molecule has 0 fully saturated rings. The van der Waals surface area contributed by atoms with Crippen LogP contribution in [0.1, 0.15) is 18.7 Å². The van der Waals surface area contributed by atoms with Gasteiger partial charge in [0.1, 0.15) is 0 Å². The molecule has 0 atom stereocenters. The van der Waals surface area contributed by atoms with Crippen LogP contribution < -0.4 is 9.47 Å². The lowest BCUT2D eigenvalue weighted by atomic mass is 10.2. The number of nitrogens with zero attached hydrogens (tertiary/aromatic N) is 1. The summed E-state index contributed by atoms with van der Waals surface area (Å²) in [6, 6.07) is 11.5. The molecule has 0 unspecified atom stereocenters. The standard InChI is InChI=1S/C9H8O2.C7H7N.CH4/c1-2-7-3-4-8-9(5-7)11-6-10-8;1-2-7-5-3-4-6-8-7;/h2-5H,1,6H2;2-6H,1H2;1H4. The third-order valence-corrected chi connectivity index (χ3v) is 2.53. The molecule has 0 amide bonds. The van der Waals surface area contributed by atoms with Crippen LogP contribution in [0.2, 0.25) is 0 Å². The average molecular weight is 269 g/mol. The third-order valence-electron chi connectivity index (χ3n) is 2.53. The molecule has 20 heavy (non-hydrogen) atoms. The normalized spacial score (nSPS) is 10.6. The van der Waals surface area contributed by atoms with E-state index in [-0.39, 0.29) is 7.43 Å². The van der Waals surface area contributed by atoms with E-state index in [2.05, 4.69) is 18.1 Å². The molecule has 1 aliphatic rings. The lowest BCUT2D eigenvalue weighted by molar-refractivity contribution is 0.174. The van der Waals surface area contributed by atoms with Crippen LogP contribution in [0.5, 0.6) is 11.5 Å². The molecule has 0 saturated heterocycles. The van der Waals surface area contributed by atoms with Crippen molar-refractivity contribution in [2.75, 3.05) is 6.79 Å². The minimum absolute atomic E-state index is 0. The van der Waals surface area contributed by atoms with Crippen LogP contribution in [0.3, 0.4) is 0 Å². The van der Waals surface area contributed by atoms with Crippen LogP contribution in [0, 0.1) is 0 Å². The molecule has 0 spiro atoms. The summed E-state index contributed by atoms with van der Waals surface area (Å²) >= 11 is 0. The van der Waals surface area contributed by atoms with Crippen molar-refractivity contribution in [3.8, 4) is 11.5 Å². The molecule has 3 nitrogen and oxygen atoms in total. The van der Waals surface area contributed by atoms with Crippen molar-refractivity contribution in [1.82, 2.24) is 4.98 Å². The highest BCUT2D eigenvalue weighted by Crippen LogP contribution is 2.32. The number of hydrogen-bond donors (Lipinski definition) is 0. The van der Waals surface area contributed by atoms with E-state index in [4.69, 9.17) is 9.47 Å². The van der Waals surface area contributed by atoms with Crippen molar-refractivity contribution >= 4 is 12.2 Å². The molecule has 0 N–H and O–H groups in total. The quantitative estimate of drug-likeness (QED) is 0.808. The highest BCUT2D eigenvalue weighted by molar-refractivity contribution is 5.55. The summed E-state index contributed by atoms with van der Waals surface area (Å²) in [6.45, 7) is 7.56. The van der Waals surface area contributed by atoms with Crippen LogP contribution in [-0.2, 0) is 0 Å². The Morgan fingerprint density at radius 1 is 1.00 bits per heavy atom. The second kappa shape index (κ2) is 7.79. The van der Waals surface area contributed by atoms with Gasteiger partial charge in [-0.05, 0) is 35.9 Å². The fourth-order valence-electron chi connectivity index (χ4n) is 1.54. The van der Waals surface area contributed by atoms with Gasteiger partial charge in [0.2, 0.25) is 6.79 Å². The Morgan fingerprint density at radius 2 is 1.80 bits per heavy atom. The molecule has 3 rings (SSSR count). The first-order valence-corrected chi connectivity index (χ1v) is 5.89. The van der Waals surface area contributed by atoms with E-state index in [1.54, 1.807) is 18.3 Å². The van der Waals surface area contributed by atoms with E-state index in [0.717, 1.165) is 22.8 Å². The Bertz CT molecular complexity index is 564. The van der Waals surface area contributed by atoms with Crippen LogP contribution in [0.4, 0.5) is 0 Å². The Balaban J connectivity index is 0.000000200. The van der Waals surface area contributed by atoms with E-state index >= 15 is 0 Å². The van der Waals surface area contributed by atoms with E-state index in [0.29, 0.717) is 6.79 Å². The van der Waals surface area contributed by atoms with Gasteiger partial charge in [-0.1, -0.05) is 38.8 Å². The summed E-state index contributed by atoms with van der Waals surface area (Å²) in [4.78, 5) is 3.98. The van der Waals surface area contributed by atoms with Gasteiger partial charge < -0.3 is 9.47 Å². The first-order valence-electron chi connectivity index (χ1n) is 5.89. The zero-order chi connectivity index (χ0) is 13.5. The monoisotopic (exact) mass is 269 g/mol. The Morgan fingerprint density at radius 3 is 2.40 bits per heavy atom. The zero-order valence-electron chi connectivity index (χ0n) is 10.6. The van der Waals surface area contributed by atoms with Gasteiger partial charge in [-0.2, -0.15) is 0 Å². The predicted octanol–water partition coefficient (Wildman–Crippen LogP) is 4.42. The van der Waals surface area contributed by atoms with Gasteiger partial charge in [0, 0.05) is 6.20 Å². The van der Waals surface area contributed by atoms with Crippen molar-refractivity contribution in [1.29, 1.82) is 0 Å². The van der Waals surface area contributed by atoms with E-state index in [9.17, 15) is 0 Å². The van der Waals surface area contributed by atoms with Gasteiger partial charge in [0.25, 0.3) is 0 Å². The molecular weight excluding hydrogens is 250 g/mol. The predicted molar refractivity (Wildman–Crippen MR) is 83.7 cm³/mol. The summed E-state index contributed by atoms with van der Waals surface area (Å²) in [5, 5.41) is 0. The van der Waals surface area contributed by atoms with Gasteiger partial charge in [0.15, 0.2) is 11.5 Å². The van der Waals surface area contributed by atoms with Crippen molar-refractivity contribution in [2.45, 2.75) is 7.43 Å². The maximum absolute atomic E-state index is 5.17. The number of pyridine rings is 1.